The molecule has 2 aromatic heterocycles. The molecule has 4 heterocycles. The highest BCUT2D eigenvalue weighted by atomic mass is 32.1. The Hall–Kier alpha value is -1.20. The van der Waals surface area contributed by atoms with Gasteiger partial charge in [0.05, 0.1) is 5.52 Å². The molecule has 4 rings (SSSR count). The molecule has 0 radical (unpaired) electrons. The third kappa shape index (κ3) is 2.14. The highest BCUT2D eigenvalue weighted by Crippen LogP contribution is 2.39. The first-order valence-electron chi connectivity index (χ1n) is 7.92. The van der Waals surface area contributed by atoms with Crippen LogP contribution in [0, 0.1) is 11.7 Å². The molecular weight excluding hydrogens is 280 g/mol. The van der Waals surface area contributed by atoms with Crippen molar-refractivity contribution in [3.63, 3.8) is 0 Å². The van der Waals surface area contributed by atoms with Crippen LogP contribution in [0.5, 0.6) is 0 Å². The Morgan fingerprint density at radius 2 is 1.95 bits per heavy atom. The number of aryl methyl sites for hydroxylation is 1. The summed E-state index contributed by atoms with van der Waals surface area (Å²) in [7, 11) is 2.29. The van der Waals surface area contributed by atoms with Gasteiger partial charge in [0.2, 0.25) is 0 Å². The van der Waals surface area contributed by atoms with Gasteiger partial charge in [-0.3, -0.25) is 4.57 Å². The van der Waals surface area contributed by atoms with E-state index in [4.69, 9.17) is 12.2 Å². The summed E-state index contributed by atoms with van der Waals surface area (Å²) >= 11 is 5.59. The van der Waals surface area contributed by atoms with E-state index in [9.17, 15) is 0 Å². The molecule has 112 valence electrons. The first-order valence-corrected chi connectivity index (χ1v) is 8.33. The predicted molar refractivity (Wildman–Crippen MR) is 87.1 cm³/mol. The van der Waals surface area contributed by atoms with E-state index < -0.39 is 0 Å². The minimum absolute atomic E-state index is 0.493. The van der Waals surface area contributed by atoms with E-state index in [2.05, 4.69) is 39.5 Å². The van der Waals surface area contributed by atoms with Crippen molar-refractivity contribution >= 4 is 23.4 Å². The molecule has 2 unspecified atom stereocenters. The highest BCUT2D eigenvalue weighted by molar-refractivity contribution is 7.71. The number of nitrogens with one attached hydrogen (secondary N) is 1. The lowest BCUT2D eigenvalue weighted by atomic mass is 9.82. The molecular formula is C16H22N4S. The molecule has 2 aliphatic heterocycles. The van der Waals surface area contributed by atoms with Gasteiger partial charge in [-0.15, -0.1) is 0 Å². The van der Waals surface area contributed by atoms with Crippen LogP contribution in [0.2, 0.25) is 0 Å². The summed E-state index contributed by atoms with van der Waals surface area (Å²) in [5.74, 6) is 0. The minimum atomic E-state index is 0.493. The Balaban J connectivity index is 1.77. The molecule has 2 fully saturated rings. The number of piperidine rings is 2. The fourth-order valence-corrected chi connectivity index (χ4v) is 4.60. The number of aromatic nitrogens is 3. The number of aromatic amines is 1. The van der Waals surface area contributed by atoms with E-state index in [0.29, 0.717) is 18.1 Å². The average molecular weight is 302 g/mol. The molecule has 4 nitrogen and oxygen atoms in total. The lowest BCUT2D eigenvalue weighted by Crippen LogP contribution is -2.50. The van der Waals surface area contributed by atoms with E-state index in [1.165, 1.54) is 37.7 Å². The van der Waals surface area contributed by atoms with Crippen molar-refractivity contribution in [1.29, 1.82) is 0 Å². The number of hydrogen-bond donors (Lipinski definition) is 1. The topological polar surface area (TPSA) is 36.9 Å². The fourth-order valence-electron chi connectivity index (χ4n) is 4.25. The van der Waals surface area contributed by atoms with Crippen LogP contribution in [0.15, 0.2) is 12.3 Å². The number of nitrogens with zero attached hydrogens (tertiary/aromatic N) is 3. The van der Waals surface area contributed by atoms with Gasteiger partial charge in [0, 0.05) is 24.3 Å². The second kappa shape index (κ2) is 4.92. The van der Waals surface area contributed by atoms with Crippen molar-refractivity contribution in [2.45, 2.75) is 57.2 Å². The zero-order chi connectivity index (χ0) is 14.6. The molecule has 0 aliphatic carbocycles. The van der Waals surface area contributed by atoms with Gasteiger partial charge >= 0.3 is 0 Å². The number of pyridine rings is 1. The van der Waals surface area contributed by atoms with Crippen molar-refractivity contribution in [1.82, 2.24) is 19.4 Å². The Bertz CT molecular complexity index is 717. The summed E-state index contributed by atoms with van der Waals surface area (Å²) in [5, 5.41) is 0. The van der Waals surface area contributed by atoms with Crippen LogP contribution >= 0.6 is 12.2 Å². The minimum Gasteiger partial charge on any atom is -0.329 e. The van der Waals surface area contributed by atoms with Gasteiger partial charge in [-0.2, -0.15) is 0 Å². The van der Waals surface area contributed by atoms with Crippen LogP contribution in [0.3, 0.4) is 0 Å². The van der Waals surface area contributed by atoms with Gasteiger partial charge in [0.25, 0.3) is 0 Å². The third-order valence-electron chi connectivity index (χ3n) is 5.37. The van der Waals surface area contributed by atoms with Crippen LogP contribution in [0.4, 0.5) is 0 Å². The Morgan fingerprint density at radius 1 is 1.24 bits per heavy atom. The molecule has 0 spiro atoms. The third-order valence-corrected chi connectivity index (χ3v) is 5.67. The van der Waals surface area contributed by atoms with Gasteiger partial charge in [-0.1, -0.05) is 6.42 Å². The molecule has 0 aromatic carbocycles. The maximum atomic E-state index is 5.59. The highest BCUT2D eigenvalue weighted by Gasteiger charge is 2.37. The van der Waals surface area contributed by atoms with E-state index in [1.54, 1.807) is 0 Å². The smallest absolute Gasteiger partial charge is 0.179 e. The van der Waals surface area contributed by atoms with Crippen LogP contribution in [-0.2, 0) is 0 Å². The summed E-state index contributed by atoms with van der Waals surface area (Å²) in [6.45, 7) is 2.07. The van der Waals surface area contributed by atoms with Crippen molar-refractivity contribution in [3.05, 3.63) is 22.6 Å². The van der Waals surface area contributed by atoms with Crippen LogP contribution in [0.1, 0.15) is 43.7 Å². The Labute approximate surface area is 130 Å². The maximum Gasteiger partial charge on any atom is 0.179 e. The summed E-state index contributed by atoms with van der Waals surface area (Å²) in [6, 6.07) is 4.05. The molecule has 2 bridgehead atoms. The molecule has 21 heavy (non-hydrogen) atoms. The molecule has 1 N–H and O–H groups in total. The molecule has 2 aliphatic rings. The van der Waals surface area contributed by atoms with Gasteiger partial charge in [-0.25, -0.2) is 4.98 Å². The second-order valence-electron chi connectivity index (χ2n) is 6.71. The maximum absolute atomic E-state index is 5.59. The zero-order valence-electron chi connectivity index (χ0n) is 12.7. The van der Waals surface area contributed by atoms with Gasteiger partial charge < -0.3 is 9.88 Å². The van der Waals surface area contributed by atoms with Gasteiger partial charge in [0.1, 0.15) is 0 Å². The summed E-state index contributed by atoms with van der Waals surface area (Å²) < 4.78 is 3.11. The number of rotatable bonds is 1. The largest absolute Gasteiger partial charge is 0.329 e. The van der Waals surface area contributed by atoms with Crippen LogP contribution < -0.4 is 0 Å². The molecule has 2 atom stereocenters. The van der Waals surface area contributed by atoms with Crippen molar-refractivity contribution < 1.29 is 0 Å². The van der Waals surface area contributed by atoms with E-state index >= 15 is 0 Å². The van der Waals surface area contributed by atoms with Crippen LogP contribution in [0.25, 0.3) is 11.2 Å². The summed E-state index contributed by atoms with van der Waals surface area (Å²) in [5.41, 5.74) is 3.27. The lowest BCUT2D eigenvalue weighted by molar-refractivity contribution is 0.0405. The van der Waals surface area contributed by atoms with Gasteiger partial charge in [-0.05, 0) is 63.5 Å². The van der Waals surface area contributed by atoms with Crippen molar-refractivity contribution in [3.8, 4) is 0 Å². The number of fused-ring (bicyclic) bond motifs is 3. The monoisotopic (exact) mass is 302 g/mol. The quantitative estimate of drug-likeness (QED) is 0.818. The molecule has 0 amide bonds. The normalized spacial score (nSPS) is 29.9. The SMILES string of the molecule is Cc1cnc2c(c1)[nH]c(=S)n2C1CC2CCCC(C1)N2C. The standard InChI is InChI=1S/C16H22N4S/c1-10-6-14-15(17-9-10)20(16(21)18-14)13-7-11-4-3-5-12(8-13)19(11)2/h6,9,11-13H,3-5,7-8H2,1-2H3,(H,18,21). The van der Waals surface area contributed by atoms with Gasteiger partial charge in [0.15, 0.2) is 10.4 Å². The predicted octanol–water partition coefficient (Wildman–Crippen LogP) is 3.59. The Kier molecular flexibility index (Phi) is 3.15. The van der Waals surface area contributed by atoms with Crippen molar-refractivity contribution in [2.24, 2.45) is 0 Å². The summed E-state index contributed by atoms with van der Waals surface area (Å²) in [4.78, 5) is 10.6. The number of hydrogen-bond acceptors (Lipinski definition) is 3. The van der Waals surface area contributed by atoms with Crippen LogP contribution in [-0.4, -0.2) is 38.6 Å². The first kappa shape index (κ1) is 13.5. The first-order chi connectivity index (χ1) is 10.1. The zero-order valence-corrected chi connectivity index (χ0v) is 13.5. The Morgan fingerprint density at radius 3 is 2.67 bits per heavy atom. The number of H-pyrrole nitrogens is 1. The molecule has 5 heteroatoms. The van der Waals surface area contributed by atoms with E-state index in [-0.39, 0.29) is 0 Å². The van der Waals surface area contributed by atoms with Crippen molar-refractivity contribution in [2.75, 3.05) is 7.05 Å². The summed E-state index contributed by atoms with van der Waals surface area (Å²) in [6.07, 6.45) is 8.37. The second-order valence-corrected chi connectivity index (χ2v) is 7.10. The van der Waals surface area contributed by atoms with E-state index in [1.807, 2.05) is 6.20 Å². The van der Waals surface area contributed by atoms with E-state index in [0.717, 1.165) is 15.9 Å². The average Bonchev–Trinajstić information content (AvgIpc) is 2.73. The fraction of sp³-hybridized carbons (Fsp3) is 0.625. The number of imidazole rings is 1. The lowest BCUT2D eigenvalue weighted by Gasteiger charge is -2.47. The molecule has 0 saturated carbocycles. The molecule has 2 saturated heterocycles. The molecule has 2 aromatic rings.